The summed E-state index contributed by atoms with van der Waals surface area (Å²) >= 11 is 0. The molecular weight excluding hydrogens is 590 g/mol. The van der Waals surface area contributed by atoms with Gasteiger partial charge in [-0.25, -0.2) is 4.79 Å². The minimum Gasteiger partial charge on any atom is -0.447 e. The van der Waals surface area contributed by atoms with Gasteiger partial charge < -0.3 is 42.8 Å². The molecule has 0 spiro atoms. The van der Waals surface area contributed by atoms with Gasteiger partial charge in [-0.05, 0) is 38.5 Å². The Morgan fingerprint density at radius 1 is 0.674 bits per heavy atom. The topological polar surface area (TPSA) is 94.2 Å². The average molecular weight is 662 g/mol. The molecule has 1 rings (SSSR count). The summed E-state index contributed by atoms with van der Waals surface area (Å²) in [5, 5.41) is 0. The molecule has 1 heterocycles. The van der Waals surface area contributed by atoms with Crippen LogP contribution >= 0.6 is 0 Å². The van der Waals surface area contributed by atoms with Crippen LogP contribution in [-0.4, -0.2) is 114 Å². The van der Waals surface area contributed by atoms with Crippen molar-refractivity contribution in [2.75, 3.05) is 60.3 Å². The van der Waals surface area contributed by atoms with Gasteiger partial charge in [-0.2, -0.15) is 0 Å². The lowest BCUT2D eigenvalue weighted by Crippen LogP contribution is -2.62. The molecule has 0 aliphatic carbocycles. The maximum Gasteiger partial charge on any atom is 0.409 e. The van der Waals surface area contributed by atoms with E-state index in [-0.39, 0.29) is 24.7 Å². The average Bonchev–Trinajstić information content (AvgIpc) is 3.05. The van der Waals surface area contributed by atoms with Gasteiger partial charge in [-0.3, -0.25) is 0 Å². The van der Waals surface area contributed by atoms with Gasteiger partial charge in [0.15, 0.2) is 6.29 Å². The molecule has 274 valence electrons. The lowest BCUT2D eigenvalue weighted by Gasteiger charge is -2.46. The predicted octanol–water partition coefficient (Wildman–Crippen LogP) is 7.40. The Morgan fingerprint density at radius 2 is 1.17 bits per heavy atom. The van der Waals surface area contributed by atoms with Gasteiger partial charge in [-0.15, -0.1) is 0 Å². The van der Waals surface area contributed by atoms with E-state index in [0.717, 1.165) is 77.2 Å². The third-order valence-electron chi connectivity index (χ3n) is 8.24. The van der Waals surface area contributed by atoms with Crippen LogP contribution in [0.2, 0.25) is 0 Å². The van der Waals surface area contributed by atoms with E-state index in [1.54, 1.807) is 14.1 Å². The summed E-state index contributed by atoms with van der Waals surface area (Å²) in [7, 11) is 3.32. The van der Waals surface area contributed by atoms with Crippen molar-refractivity contribution in [2.45, 2.75) is 162 Å². The van der Waals surface area contributed by atoms with Crippen LogP contribution in [0, 0.1) is 5.92 Å². The van der Waals surface area contributed by atoms with Crippen LogP contribution in [0.25, 0.3) is 0 Å². The Balaban J connectivity index is 3.32. The molecule has 2 unspecified atom stereocenters. The second kappa shape index (κ2) is 26.9. The molecule has 1 aliphatic heterocycles. The number of carbonyl (C=O) groups excluding carboxylic acids is 1. The summed E-state index contributed by atoms with van der Waals surface area (Å²) < 4.78 is 51.2. The Labute approximate surface area is 281 Å². The summed E-state index contributed by atoms with van der Waals surface area (Å²) in [5.41, 5.74) is 0. The van der Waals surface area contributed by atoms with Gasteiger partial charge in [0.1, 0.15) is 31.0 Å². The van der Waals surface area contributed by atoms with Gasteiger partial charge >= 0.3 is 6.09 Å². The van der Waals surface area contributed by atoms with E-state index in [9.17, 15) is 4.79 Å². The van der Waals surface area contributed by atoms with E-state index >= 15 is 0 Å². The van der Waals surface area contributed by atoms with Gasteiger partial charge in [0.25, 0.3) is 0 Å². The largest absolute Gasteiger partial charge is 0.447 e. The van der Waals surface area contributed by atoms with Gasteiger partial charge in [0.05, 0.1) is 18.8 Å². The van der Waals surface area contributed by atoms with E-state index in [0.29, 0.717) is 33.0 Å². The van der Waals surface area contributed by atoms with Crippen LogP contribution in [0.3, 0.4) is 0 Å². The highest BCUT2D eigenvalue weighted by Gasteiger charge is 2.49. The molecule has 8 atom stereocenters. The standard InChI is InChI=1S/C36H71NO9/c1-10-16-21-39-29(15-6)31(40-22-17-11-2)28(7)26-44-35-34(43-25-20-14-5)33(42-24-19-13-4)32(41-23-18-12-3)30(46-35)27-45-36(38)37(8)9/h28-35H,10-27H2,1-9H3/t28-,29+,30?,31-,32-,33-,34?,35-/m0/s1. The normalized spacial score (nSPS) is 23.6. The molecule has 0 N–H and O–H groups in total. The van der Waals surface area contributed by atoms with E-state index < -0.39 is 36.8 Å². The lowest BCUT2D eigenvalue weighted by atomic mass is 9.97. The maximum absolute atomic E-state index is 12.4. The van der Waals surface area contributed by atoms with Crippen LogP contribution < -0.4 is 0 Å². The van der Waals surface area contributed by atoms with E-state index in [1.165, 1.54) is 4.90 Å². The zero-order chi connectivity index (χ0) is 34.2. The summed E-state index contributed by atoms with van der Waals surface area (Å²) in [6, 6.07) is 0. The number of nitrogens with zero attached hydrogens (tertiary/aromatic N) is 1. The summed E-state index contributed by atoms with van der Waals surface area (Å²) in [4.78, 5) is 13.8. The number of hydrogen-bond donors (Lipinski definition) is 0. The molecule has 0 saturated carbocycles. The number of amides is 1. The molecule has 0 aromatic heterocycles. The van der Waals surface area contributed by atoms with Crippen molar-refractivity contribution >= 4 is 6.09 Å². The van der Waals surface area contributed by atoms with Crippen molar-refractivity contribution in [1.29, 1.82) is 0 Å². The molecule has 1 amide bonds. The van der Waals surface area contributed by atoms with Crippen LogP contribution in [0.15, 0.2) is 0 Å². The van der Waals surface area contributed by atoms with Crippen molar-refractivity contribution in [3.8, 4) is 0 Å². The summed E-state index contributed by atoms with van der Waals surface area (Å²) in [5.74, 6) is 0.0336. The van der Waals surface area contributed by atoms with Crippen molar-refractivity contribution in [3.63, 3.8) is 0 Å². The SMILES string of the molecule is CCCCOC1[C@@H](OC[C@H](C)[C@H](OCCCC)[C@@H](CC)OCCCC)OC(COC(=O)N(C)C)[C@H](OCCCC)[C@@H]1OCCCC. The number of carbonyl (C=O) groups is 1. The molecule has 0 radical (unpaired) electrons. The first kappa shape index (κ1) is 43.0. The van der Waals surface area contributed by atoms with Gasteiger partial charge in [-0.1, -0.05) is 80.6 Å². The fourth-order valence-electron chi connectivity index (χ4n) is 5.26. The molecule has 1 aliphatic rings. The molecule has 0 aromatic carbocycles. The molecule has 0 bridgehead atoms. The molecule has 46 heavy (non-hydrogen) atoms. The molecular formula is C36H71NO9. The number of rotatable bonds is 28. The van der Waals surface area contributed by atoms with E-state index in [1.807, 2.05) is 0 Å². The van der Waals surface area contributed by atoms with Crippen LogP contribution in [-0.2, 0) is 37.9 Å². The number of hydrogen-bond acceptors (Lipinski definition) is 9. The second-order valence-corrected chi connectivity index (χ2v) is 12.8. The Bertz CT molecular complexity index is 728. The van der Waals surface area contributed by atoms with Crippen LogP contribution in [0.1, 0.15) is 119 Å². The van der Waals surface area contributed by atoms with Crippen molar-refractivity contribution in [3.05, 3.63) is 0 Å². The smallest absolute Gasteiger partial charge is 0.409 e. The molecule has 1 fully saturated rings. The third kappa shape index (κ3) is 16.4. The number of ether oxygens (including phenoxy) is 8. The number of unbranched alkanes of at least 4 members (excludes halogenated alkanes) is 5. The minimum absolute atomic E-state index is 0.0183. The van der Waals surface area contributed by atoms with Crippen molar-refractivity contribution in [2.24, 2.45) is 5.92 Å². The fourth-order valence-corrected chi connectivity index (χ4v) is 5.26. The highest BCUT2D eigenvalue weighted by molar-refractivity contribution is 5.66. The quantitative estimate of drug-likeness (QED) is 0.0795. The first-order valence-electron chi connectivity index (χ1n) is 18.5. The lowest BCUT2D eigenvalue weighted by molar-refractivity contribution is -0.325. The molecule has 1 saturated heterocycles. The fraction of sp³-hybridized carbons (Fsp3) is 0.972. The molecule has 10 heteroatoms. The highest BCUT2D eigenvalue weighted by atomic mass is 16.7. The Kier molecular flexibility index (Phi) is 25.1. The maximum atomic E-state index is 12.4. The zero-order valence-electron chi connectivity index (χ0n) is 31.0. The van der Waals surface area contributed by atoms with Crippen molar-refractivity contribution in [1.82, 2.24) is 4.90 Å². The molecule has 10 nitrogen and oxygen atoms in total. The Hall–Kier alpha value is -1.01. The van der Waals surface area contributed by atoms with Crippen molar-refractivity contribution < 1.29 is 42.7 Å². The summed E-state index contributed by atoms with van der Waals surface area (Å²) in [6.07, 6.45) is 7.43. The van der Waals surface area contributed by atoms with E-state index in [4.69, 9.17) is 37.9 Å². The van der Waals surface area contributed by atoms with E-state index in [2.05, 4.69) is 48.5 Å². The van der Waals surface area contributed by atoms with Gasteiger partial charge in [0, 0.05) is 53.0 Å². The zero-order valence-corrected chi connectivity index (χ0v) is 31.0. The van der Waals surface area contributed by atoms with Gasteiger partial charge in [0.2, 0.25) is 0 Å². The van der Waals surface area contributed by atoms with Crippen LogP contribution in [0.4, 0.5) is 4.79 Å². The minimum atomic E-state index is -0.739. The monoisotopic (exact) mass is 662 g/mol. The first-order chi connectivity index (χ1) is 22.3. The predicted molar refractivity (Wildman–Crippen MR) is 182 cm³/mol. The Morgan fingerprint density at radius 3 is 1.70 bits per heavy atom. The summed E-state index contributed by atoms with van der Waals surface area (Å²) in [6.45, 7) is 18.5. The third-order valence-corrected chi connectivity index (χ3v) is 8.24. The second-order valence-electron chi connectivity index (χ2n) is 12.8. The first-order valence-corrected chi connectivity index (χ1v) is 18.5. The highest BCUT2D eigenvalue weighted by Crippen LogP contribution is 2.31. The van der Waals surface area contributed by atoms with Crippen LogP contribution in [0.5, 0.6) is 0 Å². The molecule has 0 aromatic rings.